The second kappa shape index (κ2) is 4.87. The lowest BCUT2D eigenvalue weighted by Crippen LogP contribution is -2.37. The lowest BCUT2D eigenvalue weighted by molar-refractivity contribution is -0.125. The molecule has 0 N–H and O–H groups in total. The number of hydrogen-bond donors (Lipinski definition) is 0. The molecule has 0 bridgehead atoms. The smallest absolute Gasteiger partial charge is 0.135 e. The van der Waals surface area contributed by atoms with Gasteiger partial charge in [-0.05, 0) is 52.4 Å². The molecule has 2 aliphatic rings. The van der Waals surface area contributed by atoms with Crippen LogP contribution in [0.5, 0.6) is 0 Å². The fraction of sp³-hybridized carbons (Fsp3) is 0.933. The summed E-state index contributed by atoms with van der Waals surface area (Å²) in [4.78, 5) is 11.7. The van der Waals surface area contributed by atoms with Crippen LogP contribution in [0.1, 0.15) is 47.5 Å². The van der Waals surface area contributed by atoms with Crippen LogP contribution in [0.3, 0.4) is 0 Å². The van der Waals surface area contributed by atoms with Gasteiger partial charge in [0.15, 0.2) is 0 Å². The molecular formula is C15H28NOP. The molecule has 104 valence electrons. The van der Waals surface area contributed by atoms with Crippen molar-refractivity contribution in [3.05, 3.63) is 0 Å². The van der Waals surface area contributed by atoms with Gasteiger partial charge in [-0.15, -0.1) is 0 Å². The van der Waals surface area contributed by atoms with Crippen LogP contribution in [-0.2, 0) is 4.79 Å². The molecule has 0 spiro atoms. The lowest BCUT2D eigenvalue weighted by atomic mass is 9.74. The van der Waals surface area contributed by atoms with Crippen LogP contribution < -0.4 is 0 Å². The van der Waals surface area contributed by atoms with Crippen molar-refractivity contribution < 1.29 is 4.79 Å². The normalized spacial score (nSPS) is 38.1. The van der Waals surface area contributed by atoms with Gasteiger partial charge in [-0.1, -0.05) is 27.7 Å². The average Bonchev–Trinajstić information content (AvgIpc) is 2.47. The van der Waals surface area contributed by atoms with Crippen molar-refractivity contribution in [3.8, 4) is 0 Å². The zero-order valence-electron chi connectivity index (χ0n) is 12.7. The number of hydrogen-bond acceptors (Lipinski definition) is 2. The molecule has 0 aliphatic carbocycles. The summed E-state index contributed by atoms with van der Waals surface area (Å²) in [5, 5.41) is 0. The van der Waals surface area contributed by atoms with Crippen molar-refractivity contribution in [3.63, 3.8) is 0 Å². The first-order chi connectivity index (χ1) is 8.24. The third kappa shape index (κ3) is 2.39. The van der Waals surface area contributed by atoms with Crippen LogP contribution in [0, 0.1) is 17.3 Å². The molecule has 0 aromatic carbocycles. The number of Topliss-reactive ketones (excluding diaryl/α,β-unsaturated/α-hetero) is 1. The number of fused-ring (bicyclic) bond motifs is 1. The van der Waals surface area contributed by atoms with E-state index in [-0.39, 0.29) is 13.5 Å². The minimum Gasteiger partial charge on any atom is -0.299 e. The summed E-state index contributed by atoms with van der Waals surface area (Å²) < 4.78 is 2.58. The highest BCUT2D eigenvalue weighted by atomic mass is 31.1. The van der Waals surface area contributed by atoms with Gasteiger partial charge in [0.1, 0.15) is 5.78 Å². The molecule has 2 aliphatic heterocycles. The van der Waals surface area contributed by atoms with Gasteiger partial charge in [-0.25, -0.2) is 0 Å². The van der Waals surface area contributed by atoms with Gasteiger partial charge in [-0.2, -0.15) is 0 Å². The van der Waals surface area contributed by atoms with Gasteiger partial charge in [0.25, 0.3) is 0 Å². The van der Waals surface area contributed by atoms with E-state index in [9.17, 15) is 4.79 Å². The highest BCUT2D eigenvalue weighted by molar-refractivity contribution is 7.58. The van der Waals surface area contributed by atoms with Crippen molar-refractivity contribution in [2.24, 2.45) is 17.3 Å². The van der Waals surface area contributed by atoms with E-state index in [2.05, 4.69) is 39.4 Å². The first kappa shape index (κ1) is 14.5. The van der Waals surface area contributed by atoms with E-state index in [4.69, 9.17) is 0 Å². The van der Waals surface area contributed by atoms with Crippen molar-refractivity contribution >= 4 is 13.9 Å². The summed E-state index contributed by atoms with van der Waals surface area (Å²) in [6.07, 6.45) is 2.46. The molecule has 2 nitrogen and oxygen atoms in total. The summed E-state index contributed by atoms with van der Waals surface area (Å²) in [5.74, 6) is 1.86. The number of nitrogens with zero attached hydrogens (tertiary/aromatic N) is 1. The van der Waals surface area contributed by atoms with Crippen molar-refractivity contribution in [1.29, 1.82) is 0 Å². The monoisotopic (exact) mass is 269 g/mol. The zero-order valence-corrected chi connectivity index (χ0v) is 13.6. The van der Waals surface area contributed by atoms with E-state index < -0.39 is 0 Å². The number of rotatable bonds is 4. The minimum absolute atomic E-state index is 0.139. The summed E-state index contributed by atoms with van der Waals surface area (Å²) in [6.45, 7) is 12.1. The second-order valence-electron chi connectivity index (χ2n) is 7.14. The SMILES string of the molecule is CC(=O)C(C)(C)CC(C)C1CC2CN(C)P2C1C. The Morgan fingerprint density at radius 2 is 2.11 bits per heavy atom. The third-order valence-electron chi connectivity index (χ3n) is 5.34. The summed E-state index contributed by atoms with van der Waals surface area (Å²) >= 11 is 0. The van der Waals surface area contributed by atoms with Crippen molar-refractivity contribution in [2.75, 3.05) is 13.6 Å². The predicted octanol–water partition coefficient (Wildman–Crippen LogP) is 3.75. The largest absolute Gasteiger partial charge is 0.299 e. The lowest BCUT2D eigenvalue weighted by Gasteiger charge is -2.44. The van der Waals surface area contributed by atoms with E-state index in [0.717, 1.165) is 23.7 Å². The van der Waals surface area contributed by atoms with Crippen LogP contribution in [0.2, 0.25) is 0 Å². The molecule has 0 amide bonds. The van der Waals surface area contributed by atoms with Crippen molar-refractivity contribution in [2.45, 2.75) is 58.8 Å². The van der Waals surface area contributed by atoms with Crippen LogP contribution in [-0.4, -0.2) is 35.4 Å². The maximum atomic E-state index is 11.7. The Kier molecular flexibility index (Phi) is 3.91. The second-order valence-corrected chi connectivity index (χ2v) is 10.1. The third-order valence-corrected chi connectivity index (χ3v) is 8.63. The quantitative estimate of drug-likeness (QED) is 0.724. The fourth-order valence-electron chi connectivity index (χ4n) is 4.01. The van der Waals surface area contributed by atoms with Gasteiger partial charge < -0.3 is 0 Å². The molecule has 5 unspecified atom stereocenters. The molecule has 0 saturated carbocycles. The van der Waals surface area contributed by atoms with Crippen LogP contribution in [0.25, 0.3) is 0 Å². The Hall–Kier alpha value is 0.0600. The van der Waals surface area contributed by atoms with E-state index >= 15 is 0 Å². The highest BCUT2D eigenvalue weighted by Gasteiger charge is 2.50. The summed E-state index contributed by atoms with van der Waals surface area (Å²) in [6, 6.07) is 0. The molecule has 2 fully saturated rings. The molecule has 3 heteroatoms. The van der Waals surface area contributed by atoms with Crippen LogP contribution in [0.4, 0.5) is 0 Å². The van der Waals surface area contributed by atoms with Gasteiger partial charge in [0.2, 0.25) is 0 Å². The first-order valence-electron chi connectivity index (χ1n) is 7.24. The molecule has 0 aromatic heterocycles. The molecule has 0 radical (unpaired) electrons. The van der Waals surface area contributed by atoms with E-state index in [0.29, 0.717) is 11.7 Å². The topological polar surface area (TPSA) is 20.3 Å². The maximum Gasteiger partial charge on any atom is 0.135 e. The Morgan fingerprint density at radius 3 is 2.56 bits per heavy atom. The molecule has 2 heterocycles. The summed E-state index contributed by atoms with van der Waals surface area (Å²) in [5.41, 5.74) is 1.72. The first-order valence-corrected chi connectivity index (χ1v) is 8.67. The molecule has 0 aromatic rings. The van der Waals surface area contributed by atoms with Gasteiger partial charge in [0, 0.05) is 17.6 Å². The van der Waals surface area contributed by atoms with E-state index in [1.165, 1.54) is 13.0 Å². The van der Waals surface area contributed by atoms with Gasteiger partial charge in [-0.3, -0.25) is 9.46 Å². The number of ketones is 1. The van der Waals surface area contributed by atoms with Crippen molar-refractivity contribution in [1.82, 2.24) is 4.67 Å². The van der Waals surface area contributed by atoms with Gasteiger partial charge in [0.05, 0.1) is 0 Å². The molecule has 18 heavy (non-hydrogen) atoms. The van der Waals surface area contributed by atoms with Crippen LogP contribution in [0.15, 0.2) is 0 Å². The molecule has 2 rings (SSSR count). The molecule has 5 atom stereocenters. The molecular weight excluding hydrogens is 241 g/mol. The number of carbonyl (C=O) groups excluding carboxylic acids is 1. The average molecular weight is 269 g/mol. The van der Waals surface area contributed by atoms with E-state index in [1.54, 1.807) is 6.92 Å². The van der Waals surface area contributed by atoms with Crippen LogP contribution >= 0.6 is 8.07 Å². The predicted molar refractivity (Wildman–Crippen MR) is 79.2 cm³/mol. The molecule has 2 saturated heterocycles. The Bertz CT molecular complexity index is 341. The Labute approximate surface area is 113 Å². The number of carbonyl (C=O) groups is 1. The Balaban J connectivity index is 1.98. The highest BCUT2D eigenvalue weighted by Crippen LogP contribution is 2.67. The summed E-state index contributed by atoms with van der Waals surface area (Å²) in [7, 11) is 2.43. The maximum absolute atomic E-state index is 11.7. The van der Waals surface area contributed by atoms with Gasteiger partial charge >= 0.3 is 0 Å². The fourth-order valence-corrected chi connectivity index (χ4v) is 7.63. The zero-order chi connectivity index (χ0) is 13.7. The van der Waals surface area contributed by atoms with E-state index in [1.807, 2.05) is 0 Å². The minimum atomic E-state index is -0.139. The Morgan fingerprint density at radius 1 is 1.50 bits per heavy atom. The standard InChI is InChI=1S/C15H28NOP/c1-10(8-15(4,5)12(3)17)14-7-13-9-16(6)18(13)11(14)2/h10-11,13-14H,7-9H2,1-6H3.